The molecule has 1 aliphatic heterocycles. The van der Waals surface area contributed by atoms with E-state index in [0.717, 1.165) is 11.3 Å². The molecule has 0 aromatic heterocycles. The minimum atomic E-state index is -0.156. The van der Waals surface area contributed by atoms with Crippen molar-refractivity contribution < 1.29 is 19.0 Å². The first-order valence-electron chi connectivity index (χ1n) is 9.05. The first kappa shape index (κ1) is 19.0. The molecule has 0 spiro atoms. The lowest BCUT2D eigenvalue weighted by Crippen LogP contribution is -2.10. The summed E-state index contributed by atoms with van der Waals surface area (Å²) in [6.45, 7) is 2.09. The van der Waals surface area contributed by atoms with E-state index in [4.69, 9.17) is 25.8 Å². The van der Waals surface area contributed by atoms with Gasteiger partial charge in [-0.2, -0.15) is 0 Å². The fourth-order valence-electron chi connectivity index (χ4n) is 2.96. The Hall–Kier alpha value is -3.38. The molecule has 4 rings (SSSR count). The van der Waals surface area contributed by atoms with Crippen LogP contribution in [0.5, 0.6) is 23.0 Å². The Morgan fingerprint density at radius 3 is 2.52 bits per heavy atom. The number of rotatable bonds is 6. The average Bonchev–Trinajstić information content (AvgIpc) is 3.15. The van der Waals surface area contributed by atoms with Crippen molar-refractivity contribution >= 4 is 28.9 Å². The van der Waals surface area contributed by atoms with Crippen molar-refractivity contribution in [2.24, 2.45) is 0 Å². The van der Waals surface area contributed by atoms with Crippen molar-refractivity contribution in [3.8, 4) is 23.0 Å². The van der Waals surface area contributed by atoms with Crippen molar-refractivity contribution in [3.63, 3.8) is 0 Å². The Bertz CT molecular complexity index is 1040. The molecule has 6 nitrogen and oxygen atoms in total. The Morgan fingerprint density at radius 2 is 1.76 bits per heavy atom. The molecule has 148 valence electrons. The molecular formula is C22H19ClN2O4. The highest BCUT2D eigenvalue weighted by Gasteiger charge is 2.18. The fraction of sp³-hybridized carbons (Fsp3) is 0.136. The lowest BCUT2D eigenvalue weighted by molar-refractivity contribution is -0.114. The van der Waals surface area contributed by atoms with Gasteiger partial charge in [-0.3, -0.25) is 4.79 Å². The van der Waals surface area contributed by atoms with Gasteiger partial charge in [0.2, 0.25) is 12.7 Å². The van der Waals surface area contributed by atoms with E-state index in [1.165, 1.54) is 6.92 Å². The summed E-state index contributed by atoms with van der Waals surface area (Å²) in [4.78, 5) is 11.6. The summed E-state index contributed by atoms with van der Waals surface area (Å²) in [6, 6.07) is 18.4. The van der Waals surface area contributed by atoms with Crippen LogP contribution in [0.25, 0.3) is 0 Å². The number of amides is 1. The fourth-order valence-corrected chi connectivity index (χ4v) is 3.08. The molecule has 0 aliphatic carbocycles. The number of nitrogens with one attached hydrogen (secondary N) is 2. The van der Waals surface area contributed by atoms with E-state index in [-0.39, 0.29) is 12.7 Å². The highest BCUT2D eigenvalue weighted by molar-refractivity contribution is 6.30. The monoisotopic (exact) mass is 410 g/mol. The molecule has 0 atom stereocenters. The maximum absolute atomic E-state index is 11.6. The Morgan fingerprint density at radius 1 is 1.03 bits per heavy atom. The molecule has 3 aromatic carbocycles. The number of ether oxygens (including phenoxy) is 3. The smallest absolute Gasteiger partial charge is 0.231 e. The SMILES string of the molecule is CC(=O)Nc1cc2c(cc1CNc1ccccc1Oc1ccc(Cl)cc1)OCO2. The largest absolute Gasteiger partial charge is 0.455 e. The van der Waals surface area contributed by atoms with Crippen LogP contribution in [0.2, 0.25) is 5.02 Å². The zero-order valence-electron chi connectivity index (χ0n) is 15.7. The van der Waals surface area contributed by atoms with Crippen LogP contribution in [0.1, 0.15) is 12.5 Å². The van der Waals surface area contributed by atoms with Crippen molar-refractivity contribution in [2.45, 2.75) is 13.5 Å². The zero-order valence-corrected chi connectivity index (χ0v) is 16.5. The second-order valence-corrected chi connectivity index (χ2v) is 6.89. The minimum absolute atomic E-state index is 0.156. The molecule has 1 amide bonds. The highest BCUT2D eigenvalue weighted by Crippen LogP contribution is 2.38. The van der Waals surface area contributed by atoms with Gasteiger partial charge in [-0.15, -0.1) is 0 Å². The van der Waals surface area contributed by atoms with E-state index in [2.05, 4.69) is 10.6 Å². The molecule has 0 radical (unpaired) electrons. The second kappa shape index (κ2) is 8.32. The summed E-state index contributed by atoms with van der Waals surface area (Å²) in [5.41, 5.74) is 2.35. The van der Waals surface area contributed by atoms with Crippen LogP contribution in [0.4, 0.5) is 11.4 Å². The second-order valence-electron chi connectivity index (χ2n) is 6.45. The summed E-state index contributed by atoms with van der Waals surface area (Å²) in [5, 5.41) is 6.86. The molecule has 3 aromatic rings. The van der Waals surface area contributed by atoms with Crippen LogP contribution in [0, 0.1) is 0 Å². The summed E-state index contributed by atoms with van der Waals surface area (Å²) in [7, 11) is 0. The molecule has 0 saturated heterocycles. The average molecular weight is 411 g/mol. The van der Waals surface area contributed by atoms with Crippen molar-refractivity contribution in [2.75, 3.05) is 17.4 Å². The zero-order chi connectivity index (χ0) is 20.2. The first-order chi connectivity index (χ1) is 14.1. The van der Waals surface area contributed by atoms with Crippen LogP contribution < -0.4 is 24.8 Å². The van der Waals surface area contributed by atoms with E-state index < -0.39 is 0 Å². The van der Waals surface area contributed by atoms with E-state index in [1.54, 1.807) is 18.2 Å². The van der Waals surface area contributed by atoms with Gasteiger partial charge in [-0.1, -0.05) is 23.7 Å². The van der Waals surface area contributed by atoms with Gasteiger partial charge in [0, 0.05) is 30.2 Å². The predicted octanol–water partition coefficient (Wildman–Crippen LogP) is 5.43. The minimum Gasteiger partial charge on any atom is -0.455 e. The standard InChI is InChI=1S/C22H19ClN2O4/c1-14(26)25-19-11-22-21(27-13-28-22)10-15(19)12-24-18-4-2-3-5-20(18)29-17-8-6-16(23)7-9-17/h2-11,24H,12-13H2,1H3,(H,25,26). The van der Waals surface area contributed by atoms with Gasteiger partial charge in [-0.25, -0.2) is 0 Å². The van der Waals surface area contributed by atoms with Gasteiger partial charge in [0.15, 0.2) is 17.2 Å². The van der Waals surface area contributed by atoms with E-state index in [9.17, 15) is 4.79 Å². The lowest BCUT2D eigenvalue weighted by Gasteiger charge is -2.15. The van der Waals surface area contributed by atoms with Crippen LogP contribution in [0.15, 0.2) is 60.7 Å². The van der Waals surface area contributed by atoms with Gasteiger partial charge < -0.3 is 24.8 Å². The number of hydrogen-bond acceptors (Lipinski definition) is 5. The summed E-state index contributed by atoms with van der Waals surface area (Å²) in [6.07, 6.45) is 0. The van der Waals surface area contributed by atoms with E-state index in [0.29, 0.717) is 40.3 Å². The van der Waals surface area contributed by atoms with E-state index in [1.807, 2.05) is 42.5 Å². The third-order valence-electron chi connectivity index (χ3n) is 4.31. The van der Waals surface area contributed by atoms with Crippen LogP contribution >= 0.6 is 11.6 Å². The maximum atomic E-state index is 11.6. The molecular weight excluding hydrogens is 392 g/mol. The molecule has 1 heterocycles. The molecule has 29 heavy (non-hydrogen) atoms. The van der Waals surface area contributed by atoms with Crippen LogP contribution in [-0.2, 0) is 11.3 Å². The molecule has 1 aliphatic rings. The predicted molar refractivity (Wildman–Crippen MR) is 112 cm³/mol. The number of halogens is 1. The van der Waals surface area contributed by atoms with Crippen molar-refractivity contribution in [1.29, 1.82) is 0 Å². The molecule has 0 unspecified atom stereocenters. The molecule has 2 N–H and O–H groups in total. The Balaban J connectivity index is 1.55. The number of benzene rings is 3. The Labute approximate surface area is 173 Å². The number of carbonyl (C=O) groups excluding carboxylic acids is 1. The van der Waals surface area contributed by atoms with Crippen molar-refractivity contribution in [3.05, 3.63) is 71.2 Å². The van der Waals surface area contributed by atoms with Crippen LogP contribution in [-0.4, -0.2) is 12.7 Å². The van der Waals surface area contributed by atoms with Crippen molar-refractivity contribution in [1.82, 2.24) is 0 Å². The highest BCUT2D eigenvalue weighted by atomic mass is 35.5. The third kappa shape index (κ3) is 4.55. The maximum Gasteiger partial charge on any atom is 0.231 e. The molecule has 0 saturated carbocycles. The van der Waals surface area contributed by atoms with Gasteiger partial charge in [-0.05, 0) is 48.0 Å². The number of carbonyl (C=O) groups is 1. The summed E-state index contributed by atoms with van der Waals surface area (Å²) >= 11 is 5.94. The third-order valence-corrected chi connectivity index (χ3v) is 4.56. The topological polar surface area (TPSA) is 68.8 Å². The van der Waals surface area contributed by atoms with Gasteiger partial charge in [0.1, 0.15) is 5.75 Å². The van der Waals surface area contributed by atoms with Crippen LogP contribution in [0.3, 0.4) is 0 Å². The first-order valence-corrected chi connectivity index (χ1v) is 9.43. The number of hydrogen-bond donors (Lipinski definition) is 2. The van der Waals surface area contributed by atoms with Gasteiger partial charge in [0.05, 0.1) is 5.69 Å². The molecule has 0 bridgehead atoms. The molecule has 0 fully saturated rings. The normalized spacial score (nSPS) is 11.8. The Kier molecular flexibility index (Phi) is 5.44. The number of fused-ring (bicyclic) bond motifs is 1. The van der Waals surface area contributed by atoms with E-state index >= 15 is 0 Å². The number of anilines is 2. The summed E-state index contributed by atoms with van der Waals surface area (Å²) < 4.78 is 16.9. The van der Waals surface area contributed by atoms with Gasteiger partial charge >= 0.3 is 0 Å². The quantitative estimate of drug-likeness (QED) is 0.567. The summed E-state index contributed by atoms with van der Waals surface area (Å²) in [5.74, 6) is 2.48. The molecule has 7 heteroatoms. The van der Waals surface area contributed by atoms with Gasteiger partial charge in [0.25, 0.3) is 0 Å². The lowest BCUT2D eigenvalue weighted by atomic mass is 10.1. The number of para-hydroxylation sites is 2.